The molecule has 0 aromatic heterocycles. The van der Waals surface area contributed by atoms with Crippen molar-refractivity contribution in [2.24, 2.45) is 0 Å². The summed E-state index contributed by atoms with van der Waals surface area (Å²) in [5.41, 5.74) is 0.607. The van der Waals surface area contributed by atoms with Crippen molar-refractivity contribution in [1.29, 1.82) is 0 Å². The SMILES string of the molecule is C#CCCC[C@@H](NC(=O)C(C)(c1ccccc1)c1ccccc1)C(=O)O. The summed E-state index contributed by atoms with van der Waals surface area (Å²) in [6.45, 7) is 1.81. The first-order valence-corrected chi connectivity index (χ1v) is 8.58. The first-order chi connectivity index (χ1) is 12.5. The van der Waals surface area contributed by atoms with Crippen molar-refractivity contribution in [2.75, 3.05) is 0 Å². The van der Waals surface area contributed by atoms with Crippen LogP contribution in [0.3, 0.4) is 0 Å². The van der Waals surface area contributed by atoms with Crippen molar-refractivity contribution in [3.63, 3.8) is 0 Å². The fraction of sp³-hybridized carbons (Fsp3) is 0.273. The van der Waals surface area contributed by atoms with Gasteiger partial charge < -0.3 is 10.4 Å². The van der Waals surface area contributed by atoms with Gasteiger partial charge in [-0.2, -0.15) is 0 Å². The van der Waals surface area contributed by atoms with E-state index in [1.807, 2.05) is 67.6 Å². The number of nitrogens with one attached hydrogen (secondary N) is 1. The van der Waals surface area contributed by atoms with E-state index in [4.69, 9.17) is 6.42 Å². The van der Waals surface area contributed by atoms with E-state index in [1.54, 1.807) is 0 Å². The minimum Gasteiger partial charge on any atom is -0.480 e. The number of terminal acetylenes is 1. The quantitative estimate of drug-likeness (QED) is 0.567. The number of carboxylic acid groups (broad SMARTS) is 1. The lowest BCUT2D eigenvalue weighted by Gasteiger charge is -2.31. The van der Waals surface area contributed by atoms with Crippen molar-refractivity contribution in [2.45, 2.75) is 37.6 Å². The summed E-state index contributed by atoms with van der Waals surface area (Å²) in [5.74, 6) is 1.09. The number of hydrogen-bond donors (Lipinski definition) is 2. The molecule has 2 rings (SSSR count). The Morgan fingerprint density at radius 1 is 1.08 bits per heavy atom. The van der Waals surface area contributed by atoms with Gasteiger partial charge in [-0.3, -0.25) is 4.79 Å². The molecule has 0 saturated heterocycles. The molecule has 134 valence electrons. The molecule has 2 aromatic carbocycles. The Hall–Kier alpha value is -3.06. The third-order valence-electron chi connectivity index (χ3n) is 4.57. The Bertz CT molecular complexity index is 739. The zero-order valence-electron chi connectivity index (χ0n) is 14.8. The normalized spacial score (nSPS) is 12.0. The number of hydrogen-bond acceptors (Lipinski definition) is 2. The van der Waals surface area contributed by atoms with Crippen LogP contribution >= 0.6 is 0 Å². The molecule has 4 nitrogen and oxygen atoms in total. The van der Waals surface area contributed by atoms with Gasteiger partial charge in [0, 0.05) is 6.42 Å². The average Bonchev–Trinajstić information content (AvgIpc) is 2.67. The second-order valence-electron chi connectivity index (χ2n) is 6.32. The Labute approximate surface area is 154 Å². The van der Waals surface area contributed by atoms with Crippen molar-refractivity contribution >= 4 is 11.9 Å². The fourth-order valence-corrected chi connectivity index (χ4v) is 2.94. The van der Waals surface area contributed by atoms with Gasteiger partial charge in [0.25, 0.3) is 0 Å². The highest BCUT2D eigenvalue weighted by molar-refractivity contribution is 5.94. The van der Waals surface area contributed by atoms with Gasteiger partial charge in [-0.05, 0) is 30.9 Å². The molecule has 0 aliphatic heterocycles. The summed E-state index contributed by atoms with van der Waals surface area (Å²) in [5, 5.41) is 12.2. The number of carboxylic acids is 1. The number of amides is 1. The van der Waals surface area contributed by atoms with E-state index in [9.17, 15) is 14.7 Å². The standard InChI is InChI=1S/C22H23NO3/c1-3-4-7-16-19(20(24)25)23-21(26)22(2,17-12-8-5-9-13-17)18-14-10-6-11-15-18/h1,5-6,8-15,19H,4,7,16H2,2H3,(H,23,26)(H,24,25)/t19-/m1/s1. The Kier molecular flexibility index (Phi) is 6.57. The number of carbonyl (C=O) groups is 2. The Balaban J connectivity index is 2.35. The summed E-state index contributed by atoms with van der Waals surface area (Å²) in [4.78, 5) is 24.8. The van der Waals surface area contributed by atoms with E-state index in [2.05, 4.69) is 11.2 Å². The molecule has 0 unspecified atom stereocenters. The highest BCUT2D eigenvalue weighted by Crippen LogP contribution is 2.32. The van der Waals surface area contributed by atoms with E-state index in [0.29, 0.717) is 19.3 Å². The molecule has 0 heterocycles. The van der Waals surface area contributed by atoms with E-state index in [1.165, 1.54) is 0 Å². The van der Waals surface area contributed by atoms with Gasteiger partial charge in [-0.25, -0.2) is 4.79 Å². The van der Waals surface area contributed by atoms with Crippen LogP contribution in [0.15, 0.2) is 60.7 Å². The third kappa shape index (κ3) is 4.31. The summed E-state index contributed by atoms with van der Waals surface area (Å²) in [6.07, 6.45) is 6.55. The minimum atomic E-state index is -1.06. The van der Waals surface area contributed by atoms with Crippen LogP contribution in [0.1, 0.15) is 37.3 Å². The predicted molar refractivity (Wildman–Crippen MR) is 102 cm³/mol. The van der Waals surface area contributed by atoms with Crippen LogP contribution in [0.5, 0.6) is 0 Å². The van der Waals surface area contributed by atoms with Crippen LogP contribution in [0.4, 0.5) is 0 Å². The zero-order chi connectivity index (χ0) is 19.0. The van der Waals surface area contributed by atoms with Gasteiger partial charge in [0.05, 0.1) is 5.41 Å². The summed E-state index contributed by atoms with van der Waals surface area (Å²) >= 11 is 0. The molecule has 0 radical (unpaired) electrons. The van der Waals surface area contributed by atoms with Gasteiger partial charge in [0.2, 0.25) is 5.91 Å². The molecule has 0 fully saturated rings. The zero-order valence-corrected chi connectivity index (χ0v) is 14.8. The molecule has 0 bridgehead atoms. The van der Waals surface area contributed by atoms with Crippen LogP contribution in [-0.4, -0.2) is 23.0 Å². The largest absolute Gasteiger partial charge is 0.480 e. The van der Waals surface area contributed by atoms with E-state index < -0.39 is 17.4 Å². The Morgan fingerprint density at radius 2 is 1.58 bits per heavy atom. The lowest BCUT2D eigenvalue weighted by atomic mass is 9.75. The van der Waals surface area contributed by atoms with Crippen LogP contribution in [0.2, 0.25) is 0 Å². The van der Waals surface area contributed by atoms with E-state index in [0.717, 1.165) is 11.1 Å². The van der Waals surface area contributed by atoms with Gasteiger partial charge in [-0.1, -0.05) is 60.7 Å². The molecule has 2 N–H and O–H groups in total. The molecular formula is C22H23NO3. The second kappa shape index (κ2) is 8.87. The number of unbranched alkanes of at least 4 members (excludes halogenated alkanes) is 1. The third-order valence-corrected chi connectivity index (χ3v) is 4.57. The first-order valence-electron chi connectivity index (χ1n) is 8.58. The van der Waals surface area contributed by atoms with Crippen LogP contribution < -0.4 is 5.32 Å². The number of aliphatic carboxylic acids is 1. The molecule has 4 heteroatoms. The molecular weight excluding hydrogens is 326 g/mol. The van der Waals surface area contributed by atoms with Crippen LogP contribution in [-0.2, 0) is 15.0 Å². The van der Waals surface area contributed by atoms with Crippen molar-refractivity contribution in [1.82, 2.24) is 5.32 Å². The molecule has 26 heavy (non-hydrogen) atoms. The highest BCUT2D eigenvalue weighted by Gasteiger charge is 2.38. The molecule has 0 aliphatic carbocycles. The molecule has 0 aliphatic rings. The highest BCUT2D eigenvalue weighted by atomic mass is 16.4. The molecule has 0 spiro atoms. The molecule has 1 amide bonds. The summed E-state index contributed by atoms with van der Waals surface area (Å²) < 4.78 is 0. The van der Waals surface area contributed by atoms with Crippen molar-refractivity contribution in [3.8, 4) is 12.3 Å². The van der Waals surface area contributed by atoms with E-state index in [-0.39, 0.29) is 5.91 Å². The molecule has 0 saturated carbocycles. The maximum absolute atomic E-state index is 13.2. The molecule has 1 atom stereocenters. The fourth-order valence-electron chi connectivity index (χ4n) is 2.94. The van der Waals surface area contributed by atoms with Gasteiger partial charge >= 0.3 is 5.97 Å². The smallest absolute Gasteiger partial charge is 0.326 e. The van der Waals surface area contributed by atoms with Crippen molar-refractivity contribution < 1.29 is 14.7 Å². The van der Waals surface area contributed by atoms with Crippen molar-refractivity contribution in [3.05, 3.63) is 71.8 Å². The van der Waals surface area contributed by atoms with Crippen LogP contribution in [0.25, 0.3) is 0 Å². The number of rotatable bonds is 8. The first kappa shape index (κ1) is 19.3. The van der Waals surface area contributed by atoms with E-state index >= 15 is 0 Å². The second-order valence-corrected chi connectivity index (χ2v) is 6.32. The number of benzene rings is 2. The lowest BCUT2D eigenvalue weighted by molar-refractivity contribution is -0.142. The summed E-state index contributed by atoms with van der Waals surface area (Å²) in [7, 11) is 0. The lowest BCUT2D eigenvalue weighted by Crippen LogP contribution is -2.50. The Morgan fingerprint density at radius 3 is 2.00 bits per heavy atom. The molecule has 2 aromatic rings. The van der Waals surface area contributed by atoms with Gasteiger partial charge in [-0.15, -0.1) is 12.3 Å². The maximum atomic E-state index is 13.2. The number of carbonyl (C=O) groups excluding carboxylic acids is 1. The van der Waals surface area contributed by atoms with Gasteiger partial charge in [0.15, 0.2) is 0 Å². The minimum absolute atomic E-state index is 0.297. The van der Waals surface area contributed by atoms with Crippen LogP contribution in [0, 0.1) is 12.3 Å². The summed E-state index contributed by atoms with van der Waals surface area (Å²) in [6, 6.07) is 17.8. The average molecular weight is 349 g/mol. The predicted octanol–water partition coefficient (Wildman–Crippen LogP) is 3.37. The monoisotopic (exact) mass is 349 g/mol. The maximum Gasteiger partial charge on any atom is 0.326 e. The topological polar surface area (TPSA) is 66.4 Å². The van der Waals surface area contributed by atoms with Gasteiger partial charge in [0.1, 0.15) is 6.04 Å².